The van der Waals surface area contributed by atoms with E-state index in [2.05, 4.69) is 10.3 Å². The Morgan fingerprint density at radius 3 is 2.76 bits per heavy atom. The van der Waals surface area contributed by atoms with Crippen molar-refractivity contribution in [2.24, 2.45) is 0 Å². The summed E-state index contributed by atoms with van der Waals surface area (Å²) in [5.74, 6) is -0.578. The van der Waals surface area contributed by atoms with Crippen molar-refractivity contribution in [2.45, 2.75) is 58.6 Å². The number of ether oxygens (including phenoxy) is 1. The molecule has 0 saturated heterocycles. The molecule has 1 aromatic rings. The van der Waals surface area contributed by atoms with Crippen LogP contribution in [0, 0.1) is 5.82 Å². The first kappa shape index (κ1) is 17.2. The van der Waals surface area contributed by atoms with Gasteiger partial charge in [-0.1, -0.05) is 0 Å². The number of pyridine rings is 1. The molecule has 6 heteroatoms. The van der Waals surface area contributed by atoms with Crippen molar-refractivity contribution in [1.82, 2.24) is 10.3 Å². The number of nitrogens with zero attached hydrogens (tertiary/aromatic N) is 1. The van der Waals surface area contributed by atoms with Gasteiger partial charge < -0.3 is 15.8 Å². The lowest BCUT2D eigenvalue weighted by molar-refractivity contribution is 0.0506. The second kappa shape index (κ2) is 7.24. The highest BCUT2D eigenvalue weighted by molar-refractivity contribution is 5.67. The monoisotopic (exact) mass is 297 g/mol. The lowest BCUT2D eigenvalue weighted by Gasteiger charge is -2.21. The van der Waals surface area contributed by atoms with Crippen LogP contribution in [0.5, 0.6) is 0 Å². The first-order valence-electron chi connectivity index (χ1n) is 7.07. The predicted octanol–water partition coefficient (Wildman–Crippen LogP) is 3.04. The van der Waals surface area contributed by atoms with E-state index in [1.807, 2.05) is 27.7 Å². The second-order valence-corrected chi connectivity index (χ2v) is 6.15. The molecule has 0 saturated carbocycles. The summed E-state index contributed by atoms with van der Waals surface area (Å²) in [6.07, 6.45) is 3.41. The fraction of sp³-hybridized carbons (Fsp3) is 0.600. The predicted molar refractivity (Wildman–Crippen MR) is 80.4 cm³/mol. The Morgan fingerprint density at radius 1 is 1.52 bits per heavy atom. The number of hydrogen-bond donors (Lipinski definition) is 2. The number of aryl methyl sites for hydroxylation is 1. The van der Waals surface area contributed by atoms with Gasteiger partial charge in [-0.3, -0.25) is 0 Å². The number of alkyl carbamates (subject to hydrolysis) is 1. The van der Waals surface area contributed by atoms with Gasteiger partial charge in [-0.05, 0) is 58.6 Å². The molecule has 0 fully saturated rings. The van der Waals surface area contributed by atoms with Gasteiger partial charge in [0.2, 0.25) is 0 Å². The van der Waals surface area contributed by atoms with Gasteiger partial charge in [-0.15, -0.1) is 0 Å². The fourth-order valence-electron chi connectivity index (χ4n) is 1.82. The van der Waals surface area contributed by atoms with E-state index in [-0.39, 0.29) is 11.9 Å². The van der Waals surface area contributed by atoms with E-state index in [0.717, 1.165) is 18.4 Å². The zero-order chi connectivity index (χ0) is 16.0. The third kappa shape index (κ3) is 6.92. The standard InChI is InChI=1S/C15H24FN3O2/c1-10(19-14(20)21-15(2,3)4)6-5-7-11-8-12(16)13(17)18-9-11/h8-10H,5-7H2,1-4H3,(H2,17,18)(H,19,20)/t10-/m0/s1. The minimum Gasteiger partial charge on any atom is -0.444 e. The number of carbonyl (C=O) groups excluding carboxylic acids is 1. The van der Waals surface area contributed by atoms with Crippen LogP contribution in [0.2, 0.25) is 0 Å². The van der Waals surface area contributed by atoms with Crippen molar-refractivity contribution in [1.29, 1.82) is 0 Å². The molecular formula is C15H24FN3O2. The molecule has 0 unspecified atom stereocenters. The van der Waals surface area contributed by atoms with E-state index in [1.54, 1.807) is 6.20 Å². The maximum Gasteiger partial charge on any atom is 0.407 e. The summed E-state index contributed by atoms with van der Waals surface area (Å²) in [5.41, 5.74) is 5.62. The molecule has 0 radical (unpaired) electrons. The van der Waals surface area contributed by atoms with Crippen molar-refractivity contribution in [3.63, 3.8) is 0 Å². The quantitative estimate of drug-likeness (QED) is 0.875. The molecule has 1 amide bonds. The van der Waals surface area contributed by atoms with E-state index in [9.17, 15) is 9.18 Å². The van der Waals surface area contributed by atoms with Gasteiger partial charge in [0.05, 0.1) is 0 Å². The summed E-state index contributed by atoms with van der Waals surface area (Å²) in [4.78, 5) is 15.4. The normalized spacial score (nSPS) is 12.8. The molecule has 21 heavy (non-hydrogen) atoms. The molecule has 1 heterocycles. The zero-order valence-corrected chi connectivity index (χ0v) is 13.1. The van der Waals surface area contributed by atoms with Gasteiger partial charge in [-0.2, -0.15) is 0 Å². The Hall–Kier alpha value is -1.85. The Balaban J connectivity index is 2.31. The minimum absolute atomic E-state index is 0.00793. The Bertz CT molecular complexity index is 486. The van der Waals surface area contributed by atoms with Crippen LogP contribution in [0.25, 0.3) is 0 Å². The lowest BCUT2D eigenvalue weighted by atomic mass is 10.1. The van der Waals surface area contributed by atoms with Crippen LogP contribution >= 0.6 is 0 Å². The molecule has 0 bridgehead atoms. The third-order valence-electron chi connectivity index (χ3n) is 2.79. The largest absolute Gasteiger partial charge is 0.444 e. The molecule has 1 aromatic heterocycles. The number of anilines is 1. The Labute approximate surface area is 125 Å². The molecule has 0 aliphatic rings. The Kier molecular flexibility index (Phi) is 5.93. The topological polar surface area (TPSA) is 77.2 Å². The average molecular weight is 297 g/mol. The average Bonchev–Trinajstić information content (AvgIpc) is 2.31. The van der Waals surface area contributed by atoms with Gasteiger partial charge in [-0.25, -0.2) is 14.2 Å². The van der Waals surface area contributed by atoms with E-state index in [4.69, 9.17) is 10.5 Å². The van der Waals surface area contributed by atoms with Crippen molar-refractivity contribution in [3.05, 3.63) is 23.6 Å². The zero-order valence-electron chi connectivity index (χ0n) is 13.1. The first-order chi connectivity index (χ1) is 9.67. The number of halogens is 1. The molecule has 0 aliphatic carbocycles. The van der Waals surface area contributed by atoms with Crippen molar-refractivity contribution in [3.8, 4) is 0 Å². The van der Waals surface area contributed by atoms with Crippen LogP contribution in [0.1, 0.15) is 46.1 Å². The van der Waals surface area contributed by atoms with E-state index in [1.165, 1.54) is 6.07 Å². The maximum absolute atomic E-state index is 13.2. The van der Waals surface area contributed by atoms with Crippen LogP contribution < -0.4 is 11.1 Å². The summed E-state index contributed by atoms with van der Waals surface area (Å²) in [6, 6.07) is 1.39. The van der Waals surface area contributed by atoms with Crippen LogP contribution in [0.4, 0.5) is 15.0 Å². The number of nitrogens with one attached hydrogen (secondary N) is 1. The van der Waals surface area contributed by atoms with E-state index < -0.39 is 17.5 Å². The second-order valence-electron chi connectivity index (χ2n) is 6.15. The molecule has 5 nitrogen and oxygen atoms in total. The number of carbonyl (C=O) groups is 1. The number of amides is 1. The highest BCUT2D eigenvalue weighted by Crippen LogP contribution is 2.12. The summed E-state index contributed by atoms with van der Waals surface area (Å²) >= 11 is 0. The van der Waals surface area contributed by atoms with E-state index >= 15 is 0 Å². The number of nitrogen functional groups attached to an aromatic ring is 1. The smallest absolute Gasteiger partial charge is 0.407 e. The molecule has 118 valence electrons. The summed E-state index contributed by atoms with van der Waals surface area (Å²) in [6.45, 7) is 7.37. The van der Waals surface area contributed by atoms with Gasteiger partial charge in [0.1, 0.15) is 5.60 Å². The highest BCUT2D eigenvalue weighted by atomic mass is 19.1. The minimum atomic E-state index is -0.503. The van der Waals surface area contributed by atoms with Crippen LogP contribution in [0.15, 0.2) is 12.3 Å². The lowest BCUT2D eigenvalue weighted by Crippen LogP contribution is -2.37. The van der Waals surface area contributed by atoms with Gasteiger partial charge >= 0.3 is 6.09 Å². The molecule has 0 aliphatic heterocycles. The molecule has 0 aromatic carbocycles. The SMILES string of the molecule is C[C@@H](CCCc1cnc(N)c(F)c1)NC(=O)OC(C)(C)C. The van der Waals surface area contributed by atoms with Crippen LogP contribution in [-0.2, 0) is 11.2 Å². The summed E-state index contributed by atoms with van der Waals surface area (Å²) in [5, 5.41) is 2.77. The fourth-order valence-corrected chi connectivity index (χ4v) is 1.82. The number of nitrogens with two attached hydrogens (primary N) is 1. The highest BCUT2D eigenvalue weighted by Gasteiger charge is 2.17. The van der Waals surface area contributed by atoms with Crippen molar-refractivity contribution < 1.29 is 13.9 Å². The molecule has 3 N–H and O–H groups in total. The number of hydrogen-bond acceptors (Lipinski definition) is 4. The van der Waals surface area contributed by atoms with Crippen molar-refractivity contribution >= 4 is 11.9 Å². The van der Waals surface area contributed by atoms with Gasteiger partial charge in [0.15, 0.2) is 11.6 Å². The van der Waals surface area contributed by atoms with Crippen molar-refractivity contribution in [2.75, 3.05) is 5.73 Å². The molecular weight excluding hydrogens is 273 g/mol. The number of aromatic nitrogens is 1. The van der Waals surface area contributed by atoms with E-state index in [0.29, 0.717) is 6.42 Å². The van der Waals surface area contributed by atoms with Crippen LogP contribution in [0.3, 0.4) is 0 Å². The molecule has 1 atom stereocenters. The summed E-state index contributed by atoms with van der Waals surface area (Å²) in [7, 11) is 0. The Morgan fingerprint density at radius 2 is 2.19 bits per heavy atom. The first-order valence-corrected chi connectivity index (χ1v) is 7.07. The van der Waals surface area contributed by atoms with Crippen LogP contribution in [-0.4, -0.2) is 22.7 Å². The maximum atomic E-state index is 13.2. The summed E-state index contributed by atoms with van der Waals surface area (Å²) < 4.78 is 18.4. The molecule has 0 spiro atoms. The van der Waals surface area contributed by atoms with Gasteiger partial charge in [0.25, 0.3) is 0 Å². The van der Waals surface area contributed by atoms with Gasteiger partial charge in [0, 0.05) is 12.2 Å². The third-order valence-corrected chi connectivity index (χ3v) is 2.79. The number of rotatable bonds is 5. The molecule has 1 rings (SSSR count).